The second kappa shape index (κ2) is 6.44. The highest BCUT2D eigenvalue weighted by Crippen LogP contribution is 2.19. The Balaban J connectivity index is 0.00000161. The van der Waals surface area contributed by atoms with Gasteiger partial charge in [-0.3, -0.25) is 14.7 Å². The Morgan fingerprint density at radius 1 is 1.43 bits per heavy atom. The van der Waals surface area contributed by atoms with Crippen LogP contribution in [0.5, 0.6) is 0 Å². The fourth-order valence-corrected chi connectivity index (χ4v) is 2.90. The summed E-state index contributed by atoms with van der Waals surface area (Å²) >= 11 is 0. The maximum Gasteiger partial charge on any atom is 0.275 e. The molecule has 1 atom stereocenters. The first-order chi connectivity index (χ1) is 9.72. The average Bonchev–Trinajstić information content (AvgIpc) is 2.90. The van der Waals surface area contributed by atoms with E-state index < -0.39 is 0 Å². The minimum Gasteiger partial charge on any atom is -0.353 e. The lowest BCUT2D eigenvalue weighted by atomic mass is 10.0. The minimum absolute atomic E-state index is 0. The first-order valence-corrected chi connectivity index (χ1v) is 7.08. The smallest absolute Gasteiger partial charge is 0.275 e. The molecule has 0 aliphatic carbocycles. The van der Waals surface area contributed by atoms with E-state index in [1.54, 1.807) is 4.90 Å². The molecular weight excluding hydrogens is 294 g/mol. The number of rotatable bonds is 2. The molecule has 0 spiro atoms. The molecule has 1 saturated heterocycles. The molecule has 21 heavy (non-hydrogen) atoms. The fraction of sp³-hybridized carbons (Fsp3) is 0.615. The standard InChI is InChI=1S/C13H19N5O2.ClH/c1-2-10-12(19)15-5-6-18(10)13(20)11-8-7-14-4-3-9(8)16-17-11;/h10,14H,2-7H2,1H3,(H,15,19)(H,16,17);1H. The summed E-state index contributed by atoms with van der Waals surface area (Å²) in [7, 11) is 0. The summed E-state index contributed by atoms with van der Waals surface area (Å²) in [5, 5.41) is 13.2. The number of aromatic nitrogens is 2. The quantitative estimate of drug-likeness (QED) is 0.707. The molecule has 0 aromatic carbocycles. The molecule has 2 aliphatic heterocycles. The molecule has 7 nitrogen and oxygen atoms in total. The zero-order chi connectivity index (χ0) is 14.1. The Morgan fingerprint density at radius 2 is 2.24 bits per heavy atom. The summed E-state index contributed by atoms with van der Waals surface area (Å²) < 4.78 is 0. The number of nitrogens with zero attached hydrogens (tertiary/aromatic N) is 2. The van der Waals surface area contributed by atoms with E-state index in [-0.39, 0.29) is 30.3 Å². The second-order valence-electron chi connectivity index (χ2n) is 5.17. The van der Waals surface area contributed by atoms with Crippen LogP contribution in [-0.2, 0) is 17.8 Å². The van der Waals surface area contributed by atoms with E-state index in [2.05, 4.69) is 20.8 Å². The van der Waals surface area contributed by atoms with E-state index in [0.717, 1.165) is 24.2 Å². The zero-order valence-corrected chi connectivity index (χ0v) is 12.8. The van der Waals surface area contributed by atoms with E-state index in [1.165, 1.54) is 0 Å². The molecule has 0 bridgehead atoms. The summed E-state index contributed by atoms with van der Waals surface area (Å²) in [6.07, 6.45) is 1.47. The van der Waals surface area contributed by atoms with Crippen LogP contribution in [0.3, 0.4) is 0 Å². The number of hydrogen-bond donors (Lipinski definition) is 3. The summed E-state index contributed by atoms with van der Waals surface area (Å²) in [5.74, 6) is -0.220. The lowest BCUT2D eigenvalue weighted by Gasteiger charge is -2.34. The van der Waals surface area contributed by atoms with Gasteiger partial charge < -0.3 is 15.5 Å². The molecular formula is C13H20ClN5O2. The third-order valence-corrected chi connectivity index (χ3v) is 3.99. The maximum absolute atomic E-state index is 12.7. The van der Waals surface area contributed by atoms with Crippen molar-refractivity contribution >= 4 is 24.2 Å². The molecule has 1 aromatic rings. The topological polar surface area (TPSA) is 90.1 Å². The summed E-state index contributed by atoms with van der Waals surface area (Å²) in [6.45, 7) is 4.51. The number of nitrogens with one attached hydrogen (secondary N) is 3. The van der Waals surface area contributed by atoms with Gasteiger partial charge in [0.15, 0.2) is 5.69 Å². The van der Waals surface area contributed by atoms with Gasteiger partial charge in [0.25, 0.3) is 5.91 Å². The zero-order valence-electron chi connectivity index (χ0n) is 11.9. The van der Waals surface area contributed by atoms with E-state index in [1.807, 2.05) is 6.92 Å². The van der Waals surface area contributed by atoms with Gasteiger partial charge in [0, 0.05) is 43.9 Å². The van der Waals surface area contributed by atoms with Crippen LogP contribution in [0, 0.1) is 0 Å². The summed E-state index contributed by atoms with van der Waals surface area (Å²) in [6, 6.07) is -0.389. The molecule has 1 aromatic heterocycles. The Hall–Kier alpha value is -1.60. The van der Waals surface area contributed by atoms with Crippen LogP contribution in [0.2, 0.25) is 0 Å². The minimum atomic E-state index is -0.389. The van der Waals surface area contributed by atoms with Gasteiger partial charge in [-0.1, -0.05) is 6.92 Å². The molecule has 2 amide bonds. The van der Waals surface area contributed by atoms with Crippen molar-refractivity contribution < 1.29 is 9.59 Å². The van der Waals surface area contributed by atoms with E-state index in [4.69, 9.17) is 0 Å². The van der Waals surface area contributed by atoms with Gasteiger partial charge in [-0.2, -0.15) is 5.10 Å². The summed E-state index contributed by atoms with van der Waals surface area (Å²) in [5.41, 5.74) is 2.43. The average molecular weight is 314 g/mol. The lowest BCUT2D eigenvalue weighted by molar-refractivity contribution is -0.127. The number of halogens is 1. The number of fused-ring (bicyclic) bond motifs is 1. The molecule has 8 heteroatoms. The van der Waals surface area contributed by atoms with Crippen molar-refractivity contribution in [2.45, 2.75) is 32.4 Å². The molecule has 2 aliphatic rings. The number of carbonyl (C=O) groups excluding carboxylic acids is 2. The Labute approximate surface area is 129 Å². The third kappa shape index (κ3) is 2.75. The van der Waals surface area contributed by atoms with Crippen molar-refractivity contribution in [3.05, 3.63) is 17.0 Å². The molecule has 3 heterocycles. The molecule has 1 unspecified atom stereocenters. The maximum atomic E-state index is 12.7. The highest BCUT2D eigenvalue weighted by atomic mass is 35.5. The van der Waals surface area contributed by atoms with Crippen molar-refractivity contribution in [3.63, 3.8) is 0 Å². The van der Waals surface area contributed by atoms with Gasteiger partial charge in [-0.05, 0) is 6.42 Å². The predicted octanol–water partition coefficient (Wildman–Crippen LogP) is -0.172. The van der Waals surface area contributed by atoms with E-state index in [0.29, 0.717) is 31.7 Å². The van der Waals surface area contributed by atoms with Crippen LogP contribution < -0.4 is 10.6 Å². The van der Waals surface area contributed by atoms with Crippen LogP contribution >= 0.6 is 12.4 Å². The highest BCUT2D eigenvalue weighted by Gasteiger charge is 2.34. The number of piperazine rings is 1. The van der Waals surface area contributed by atoms with Crippen molar-refractivity contribution in [2.24, 2.45) is 0 Å². The second-order valence-corrected chi connectivity index (χ2v) is 5.17. The molecule has 1 fully saturated rings. The Kier molecular flexibility index (Phi) is 4.84. The molecule has 0 radical (unpaired) electrons. The fourth-order valence-electron chi connectivity index (χ4n) is 2.90. The van der Waals surface area contributed by atoms with Crippen LogP contribution in [0.15, 0.2) is 0 Å². The Bertz CT molecular complexity index is 545. The van der Waals surface area contributed by atoms with Crippen molar-refractivity contribution in [3.8, 4) is 0 Å². The van der Waals surface area contributed by atoms with Crippen LogP contribution in [0.4, 0.5) is 0 Å². The molecule has 3 N–H and O–H groups in total. The van der Waals surface area contributed by atoms with E-state index in [9.17, 15) is 9.59 Å². The number of amides is 2. The first kappa shape index (κ1) is 15.8. The van der Waals surface area contributed by atoms with Crippen LogP contribution in [0.25, 0.3) is 0 Å². The number of carbonyl (C=O) groups is 2. The van der Waals surface area contributed by atoms with Crippen molar-refractivity contribution in [2.75, 3.05) is 19.6 Å². The van der Waals surface area contributed by atoms with Gasteiger partial charge in [0.2, 0.25) is 5.91 Å². The van der Waals surface area contributed by atoms with Gasteiger partial charge >= 0.3 is 0 Å². The van der Waals surface area contributed by atoms with E-state index >= 15 is 0 Å². The van der Waals surface area contributed by atoms with Gasteiger partial charge in [-0.15, -0.1) is 12.4 Å². The number of H-pyrrole nitrogens is 1. The predicted molar refractivity (Wildman–Crippen MR) is 79.4 cm³/mol. The monoisotopic (exact) mass is 313 g/mol. The van der Waals surface area contributed by atoms with Crippen molar-refractivity contribution in [1.29, 1.82) is 0 Å². The Morgan fingerprint density at radius 3 is 3.00 bits per heavy atom. The lowest BCUT2D eigenvalue weighted by Crippen LogP contribution is -2.57. The largest absolute Gasteiger partial charge is 0.353 e. The number of hydrogen-bond acceptors (Lipinski definition) is 4. The SMILES string of the molecule is CCC1C(=O)NCCN1C(=O)c1n[nH]c2c1CNCC2.Cl. The van der Waals surface area contributed by atoms with Crippen molar-refractivity contribution in [1.82, 2.24) is 25.7 Å². The molecule has 3 rings (SSSR count). The van der Waals surface area contributed by atoms with Crippen LogP contribution in [0.1, 0.15) is 35.1 Å². The first-order valence-electron chi connectivity index (χ1n) is 7.08. The number of aromatic amines is 1. The summed E-state index contributed by atoms with van der Waals surface area (Å²) in [4.78, 5) is 26.2. The van der Waals surface area contributed by atoms with Gasteiger partial charge in [-0.25, -0.2) is 0 Å². The van der Waals surface area contributed by atoms with Gasteiger partial charge in [0.1, 0.15) is 6.04 Å². The highest BCUT2D eigenvalue weighted by molar-refractivity contribution is 5.98. The third-order valence-electron chi connectivity index (χ3n) is 3.99. The van der Waals surface area contributed by atoms with Crippen LogP contribution in [-0.4, -0.2) is 52.6 Å². The molecule has 0 saturated carbocycles. The molecule has 116 valence electrons. The normalized spacial score (nSPS) is 21.3. The van der Waals surface area contributed by atoms with Gasteiger partial charge in [0.05, 0.1) is 0 Å².